The van der Waals surface area contributed by atoms with Crippen LogP contribution in [0.5, 0.6) is 0 Å². The Morgan fingerprint density at radius 3 is 2.31 bits per heavy atom. The van der Waals surface area contributed by atoms with Gasteiger partial charge in [-0.2, -0.15) is 0 Å². The van der Waals surface area contributed by atoms with Crippen LogP contribution in [-0.4, -0.2) is 26.9 Å². The Hall–Kier alpha value is -2.44. The van der Waals surface area contributed by atoms with E-state index in [0.29, 0.717) is 5.56 Å². The van der Waals surface area contributed by atoms with Crippen molar-refractivity contribution in [2.45, 2.75) is 6.42 Å². The standard InChI is InChI=1S/C9H8N2O5/c12-9(13)5-8(10-14)6-1-3-7(4-2-6)11(15)16/h1-4,14H,5H2,(H,12,13)/b10-8+. The minimum atomic E-state index is -1.15. The van der Waals surface area contributed by atoms with Gasteiger partial charge in [0.1, 0.15) is 0 Å². The van der Waals surface area contributed by atoms with Crippen LogP contribution < -0.4 is 0 Å². The molecule has 0 aliphatic carbocycles. The summed E-state index contributed by atoms with van der Waals surface area (Å²) in [7, 11) is 0. The number of carboxylic acid groups (broad SMARTS) is 1. The van der Waals surface area contributed by atoms with Crippen molar-refractivity contribution >= 4 is 17.4 Å². The second-order valence-electron chi connectivity index (χ2n) is 2.92. The fourth-order valence-electron chi connectivity index (χ4n) is 1.11. The highest BCUT2D eigenvalue weighted by Crippen LogP contribution is 2.13. The molecule has 0 radical (unpaired) electrons. The van der Waals surface area contributed by atoms with E-state index in [1.165, 1.54) is 24.3 Å². The molecule has 0 aliphatic heterocycles. The molecule has 1 aromatic rings. The number of aliphatic carboxylic acids is 1. The Balaban J connectivity index is 2.96. The average molecular weight is 224 g/mol. The number of hydrogen-bond acceptors (Lipinski definition) is 5. The number of benzene rings is 1. The molecule has 0 aromatic heterocycles. The number of oxime groups is 1. The molecule has 0 saturated heterocycles. The maximum Gasteiger partial charge on any atom is 0.309 e. The monoisotopic (exact) mass is 224 g/mol. The molecule has 0 unspecified atom stereocenters. The Morgan fingerprint density at radius 2 is 1.94 bits per heavy atom. The first-order valence-electron chi connectivity index (χ1n) is 4.22. The van der Waals surface area contributed by atoms with Gasteiger partial charge in [0.05, 0.1) is 17.1 Å². The fraction of sp³-hybridized carbons (Fsp3) is 0.111. The van der Waals surface area contributed by atoms with E-state index >= 15 is 0 Å². The summed E-state index contributed by atoms with van der Waals surface area (Å²) in [6, 6.07) is 5.08. The van der Waals surface area contributed by atoms with Crippen molar-refractivity contribution in [3.63, 3.8) is 0 Å². The lowest BCUT2D eigenvalue weighted by molar-refractivity contribution is -0.384. The van der Waals surface area contributed by atoms with Gasteiger partial charge in [-0.15, -0.1) is 0 Å². The first-order chi connectivity index (χ1) is 7.54. The number of carbonyl (C=O) groups is 1. The largest absolute Gasteiger partial charge is 0.481 e. The van der Waals surface area contributed by atoms with Crippen molar-refractivity contribution in [2.75, 3.05) is 0 Å². The van der Waals surface area contributed by atoms with Crippen LogP contribution in [0.2, 0.25) is 0 Å². The summed E-state index contributed by atoms with van der Waals surface area (Å²) < 4.78 is 0. The molecule has 0 bridgehead atoms. The fourth-order valence-corrected chi connectivity index (χ4v) is 1.11. The molecule has 0 amide bonds. The van der Waals surface area contributed by atoms with Crippen molar-refractivity contribution in [3.8, 4) is 0 Å². The van der Waals surface area contributed by atoms with Gasteiger partial charge in [-0.3, -0.25) is 14.9 Å². The molecule has 0 fully saturated rings. The van der Waals surface area contributed by atoms with Gasteiger partial charge in [-0.25, -0.2) is 0 Å². The number of hydrogen-bond donors (Lipinski definition) is 2. The molecule has 0 heterocycles. The van der Waals surface area contributed by atoms with E-state index in [-0.39, 0.29) is 11.4 Å². The highest BCUT2D eigenvalue weighted by Gasteiger charge is 2.11. The van der Waals surface area contributed by atoms with E-state index in [9.17, 15) is 14.9 Å². The van der Waals surface area contributed by atoms with Gasteiger partial charge in [0, 0.05) is 17.7 Å². The average Bonchev–Trinajstić information content (AvgIpc) is 2.25. The van der Waals surface area contributed by atoms with Crippen LogP contribution in [0.4, 0.5) is 5.69 Å². The van der Waals surface area contributed by atoms with E-state index in [2.05, 4.69) is 5.16 Å². The van der Waals surface area contributed by atoms with Gasteiger partial charge in [-0.05, 0) is 12.1 Å². The van der Waals surface area contributed by atoms with Crippen LogP contribution >= 0.6 is 0 Å². The number of nitro groups is 1. The summed E-state index contributed by atoms with van der Waals surface area (Å²) in [5.74, 6) is -1.15. The van der Waals surface area contributed by atoms with Crippen LogP contribution in [0.1, 0.15) is 12.0 Å². The number of rotatable bonds is 4. The molecule has 1 rings (SSSR count). The molecule has 7 heteroatoms. The zero-order valence-corrected chi connectivity index (χ0v) is 8.03. The van der Waals surface area contributed by atoms with Crippen LogP contribution in [0.25, 0.3) is 0 Å². The van der Waals surface area contributed by atoms with E-state index in [1.807, 2.05) is 0 Å². The topological polar surface area (TPSA) is 113 Å². The van der Waals surface area contributed by atoms with Crippen molar-refractivity contribution in [3.05, 3.63) is 39.9 Å². The van der Waals surface area contributed by atoms with Gasteiger partial charge in [0.15, 0.2) is 0 Å². The molecule has 1 aromatic carbocycles. The highest BCUT2D eigenvalue weighted by atomic mass is 16.6. The maximum atomic E-state index is 10.4. The number of nitrogens with zero attached hydrogens (tertiary/aromatic N) is 2. The van der Waals surface area contributed by atoms with Crippen molar-refractivity contribution in [1.29, 1.82) is 0 Å². The zero-order chi connectivity index (χ0) is 12.1. The predicted octanol–water partition coefficient (Wildman–Crippen LogP) is 1.25. The number of nitro benzene ring substituents is 1. The minimum Gasteiger partial charge on any atom is -0.481 e. The quantitative estimate of drug-likeness (QED) is 0.345. The van der Waals surface area contributed by atoms with E-state index in [1.54, 1.807) is 0 Å². The molecule has 0 spiro atoms. The third-order valence-corrected chi connectivity index (χ3v) is 1.85. The molecular formula is C9H8N2O5. The van der Waals surface area contributed by atoms with Gasteiger partial charge in [-0.1, -0.05) is 5.16 Å². The first-order valence-corrected chi connectivity index (χ1v) is 4.22. The van der Waals surface area contributed by atoms with Crippen molar-refractivity contribution in [1.82, 2.24) is 0 Å². The van der Waals surface area contributed by atoms with Crippen LogP contribution in [-0.2, 0) is 4.79 Å². The lowest BCUT2D eigenvalue weighted by Gasteiger charge is -2.00. The lowest BCUT2D eigenvalue weighted by atomic mass is 10.1. The molecule has 0 atom stereocenters. The molecular weight excluding hydrogens is 216 g/mol. The Kier molecular flexibility index (Phi) is 3.54. The Bertz CT molecular complexity index is 438. The Labute approximate surface area is 89.8 Å². The van der Waals surface area contributed by atoms with Gasteiger partial charge >= 0.3 is 5.97 Å². The number of carboxylic acids is 1. The second-order valence-corrected chi connectivity index (χ2v) is 2.92. The van der Waals surface area contributed by atoms with Crippen LogP contribution in [0.15, 0.2) is 29.4 Å². The lowest BCUT2D eigenvalue weighted by Crippen LogP contribution is -2.08. The van der Waals surface area contributed by atoms with Gasteiger partial charge in [0.25, 0.3) is 5.69 Å². The summed E-state index contributed by atoms with van der Waals surface area (Å²) >= 11 is 0. The normalized spacial score (nSPS) is 11.1. The van der Waals surface area contributed by atoms with Crippen molar-refractivity contribution < 1.29 is 20.0 Å². The molecule has 2 N–H and O–H groups in total. The first kappa shape index (κ1) is 11.6. The summed E-state index contributed by atoms with van der Waals surface area (Å²) in [5.41, 5.74) is 0.161. The second kappa shape index (κ2) is 4.87. The predicted molar refractivity (Wildman–Crippen MR) is 53.7 cm³/mol. The van der Waals surface area contributed by atoms with Gasteiger partial charge < -0.3 is 10.3 Å². The molecule has 84 valence electrons. The minimum absolute atomic E-state index is 0.0533. The zero-order valence-electron chi connectivity index (χ0n) is 8.03. The molecule has 16 heavy (non-hydrogen) atoms. The molecule has 0 saturated carbocycles. The maximum absolute atomic E-state index is 10.4. The number of non-ortho nitro benzene ring substituents is 1. The smallest absolute Gasteiger partial charge is 0.309 e. The Morgan fingerprint density at radius 1 is 1.38 bits per heavy atom. The molecule has 7 nitrogen and oxygen atoms in total. The molecule has 0 aliphatic rings. The van der Waals surface area contributed by atoms with Crippen LogP contribution in [0, 0.1) is 10.1 Å². The summed E-state index contributed by atoms with van der Waals surface area (Å²) in [6.07, 6.45) is -0.450. The van der Waals surface area contributed by atoms with E-state index in [4.69, 9.17) is 10.3 Å². The van der Waals surface area contributed by atoms with E-state index in [0.717, 1.165) is 0 Å². The van der Waals surface area contributed by atoms with Crippen LogP contribution in [0.3, 0.4) is 0 Å². The summed E-state index contributed by atoms with van der Waals surface area (Å²) in [5, 5.41) is 30.3. The van der Waals surface area contributed by atoms with Gasteiger partial charge in [0.2, 0.25) is 0 Å². The van der Waals surface area contributed by atoms with E-state index < -0.39 is 17.3 Å². The van der Waals surface area contributed by atoms with Crippen molar-refractivity contribution in [2.24, 2.45) is 5.16 Å². The summed E-state index contributed by atoms with van der Waals surface area (Å²) in [6.45, 7) is 0. The third kappa shape index (κ3) is 2.77. The summed E-state index contributed by atoms with van der Waals surface area (Å²) in [4.78, 5) is 20.2. The SMILES string of the molecule is O=C(O)C/C(=N\O)c1ccc([N+](=O)[O-])cc1. The highest BCUT2D eigenvalue weighted by molar-refractivity contribution is 6.08. The third-order valence-electron chi connectivity index (χ3n) is 1.85.